The fourth-order valence-electron chi connectivity index (χ4n) is 3.59. The van der Waals surface area contributed by atoms with E-state index in [1.54, 1.807) is 0 Å². The highest BCUT2D eigenvalue weighted by Crippen LogP contribution is 2.24. The number of nitrogens with zero attached hydrogens (tertiary/aromatic N) is 1. The zero-order chi connectivity index (χ0) is 21.9. The first-order valence-electron chi connectivity index (χ1n) is 9.69. The standard InChI is InChI=1S/C21H26ClN3O4S/c1-14-11-25(12-15(2)29-14)13-16-6-4-5-7-20(16)24-21(26)18-10-17(8-9-19(18)22)30(27,28)23-3/h4-10,14-15,23H,11-13H2,1-3H3,(H,24,26). The number of hydrogen-bond acceptors (Lipinski definition) is 5. The van der Waals surface area contributed by atoms with Gasteiger partial charge in [-0.3, -0.25) is 9.69 Å². The van der Waals surface area contributed by atoms with Crippen LogP contribution in [0.15, 0.2) is 47.4 Å². The van der Waals surface area contributed by atoms with Gasteiger partial charge < -0.3 is 10.1 Å². The normalized spacial score (nSPS) is 20.1. The van der Waals surface area contributed by atoms with E-state index in [1.165, 1.54) is 25.2 Å². The van der Waals surface area contributed by atoms with Crippen LogP contribution in [0.25, 0.3) is 0 Å². The second-order valence-electron chi connectivity index (χ2n) is 7.41. The van der Waals surface area contributed by atoms with Crippen molar-refractivity contribution in [2.24, 2.45) is 0 Å². The summed E-state index contributed by atoms with van der Waals surface area (Å²) >= 11 is 6.18. The summed E-state index contributed by atoms with van der Waals surface area (Å²) in [5.74, 6) is -0.468. The molecule has 1 heterocycles. The third-order valence-electron chi connectivity index (χ3n) is 4.92. The summed E-state index contributed by atoms with van der Waals surface area (Å²) in [5, 5.41) is 3.06. The fraction of sp³-hybridized carbons (Fsp3) is 0.381. The lowest BCUT2D eigenvalue weighted by atomic mass is 10.1. The monoisotopic (exact) mass is 451 g/mol. The maximum Gasteiger partial charge on any atom is 0.257 e. The Hall–Kier alpha value is -1.97. The summed E-state index contributed by atoms with van der Waals surface area (Å²) in [4.78, 5) is 15.2. The van der Waals surface area contributed by atoms with Crippen LogP contribution in [-0.4, -0.2) is 51.6 Å². The van der Waals surface area contributed by atoms with Crippen LogP contribution in [0.4, 0.5) is 5.69 Å². The first-order valence-corrected chi connectivity index (χ1v) is 11.6. The number of amides is 1. The third kappa shape index (κ3) is 5.39. The zero-order valence-electron chi connectivity index (χ0n) is 17.2. The van der Waals surface area contributed by atoms with Crippen molar-refractivity contribution in [2.75, 3.05) is 25.5 Å². The molecular weight excluding hydrogens is 426 g/mol. The van der Waals surface area contributed by atoms with Crippen molar-refractivity contribution in [1.29, 1.82) is 0 Å². The first kappa shape index (κ1) is 22.7. The average molecular weight is 452 g/mol. The number of morpholine rings is 1. The molecule has 1 aliphatic rings. The number of nitrogens with one attached hydrogen (secondary N) is 2. The SMILES string of the molecule is CNS(=O)(=O)c1ccc(Cl)c(C(=O)Nc2ccccc2CN2CC(C)OC(C)C2)c1. The van der Waals surface area contributed by atoms with Crippen LogP contribution in [0.1, 0.15) is 29.8 Å². The second-order valence-corrected chi connectivity index (χ2v) is 9.71. The quantitative estimate of drug-likeness (QED) is 0.704. The molecule has 2 atom stereocenters. The minimum atomic E-state index is -3.69. The largest absolute Gasteiger partial charge is 0.373 e. The molecule has 1 aliphatic heterocycles. The molecule has 3 rings (SSSR count). The van der Waals surface area contributed by atoms with Crippen molar-refractivity contribution >= 4 is 33.2 Å². The van der Waals surface area contributed by atoms with E-state index in [0.29, 0.717) is 12.2 Å². The molecule has 2 aromatic rings. The highest BCUT2D eigenvalue weighted by Gasteiger charge is 2.23. The topological polar surface area (TPSA) is 87.7 Å². The van der Waals surface area contributed by atoms with E-state index < -0.39 is 15.9 Å². The molecule has 9 heteroatoms. The summed E-state index contributed by atoms with van der Waals surface area (Å²) < 4.78 is 32.2. The number of sulfonamides is 1. The number of carbonyl (C=O) groups excluding carboxylic acids is 1. The van der Waals surface area contributed by atoms with Crippen LogP contribution in [0, 0.1) is 0 Å². The van der Waals surface area contributed by atoms with Crippen LogP contribution in [0.3, 0.4) is 0 Å². The predicted octanol–water partition coefficient (Wildman–Crippen LogP) is 3.11. The van der Waals surface area contributed by atoms with E-state index in [4.69, 9.17) is 16.3 Å². The first-order chi connectivity index (χ1) is 14.2. The summed E-state index contributed by atoms with van der Waals surface area (Å²) in [5.41, 5.74) is 1.71. The molecular formula is C21H26ClN3O4S. The van der Waals surface area contributed by atoms with Crippen LogP contribution in [-0.2, 0) is 21.3 Å². The van der Waals surface area contributed by atoms with Gasteiger partial charge in [-0.05, 0) is 50.7 Å². The van der Waals surface area contributed by atoms with E-state index >= 15 is 0 Å². The summed E-state index contributed by atoms with van der Waals surface area (Å²) in [6.07, 6.45) is 0.289. The van der Waals surface area contributed by atoms with Gasteiger partial charge in [0.05, 0.1) is 27.7 Å². The summed E-state index contributed by atoms with van der Waals surface area (Å²) in [6, 6.07) is 11.6. The Morgan fingerprint density at radius 2 is 1.83 bits per heavy atom. The number of carbonyl (C=O) groups is 1. The van der Waals surface area contributed by atoms with Gasteiger partial charge in [0.2, 0.25) is 10.0 Å². The molecule has 1 saturated heterocycles. The summed E-state index contributed by atoms with van der Waals surface area (Å²) in [6.45, 7) is 6.37. The van der Waals surface area contributed by atoms with Crippen molar-refractivity contribution in [3.8, 4) is 0 Å². The number of ether oxygens (including phenoxy) is 1. The van der Waals surface area contributed by atoms with E-state index in [-0.39, 0.29) is 27.7 Å². The van der Waals surface area contributed by atoms with Crippen LogP contribution in [0.2, 0.25) is 5.02 Å². The highest BCUT2D eigenvalue weighted by atomic mass is 35.5. The number of halogens is 1. The number of anilines is 1. The lowest BCUT2D eigenvalue weighted by Crippen LogP contribution is -2.44. The van der Waals surface area contributed by atoms with Gasteiger partial charge >= 0.3 is 0 Å². The smallest absolute Gasteiger partial charge is 0.257 e. The van der Waals surface area contributed by atoms with Crippen molar-refractivity contribution in [1.82, 2.24) is 9.62 Å². The molecule has 2 aromatic carbocycles. The van der Waals surface area contributed by atoms with Crippen molar-refractivity contribution < 1.29 is 17.9 Å². The van der Waals surface area contributed by atoms with Gasteiger partial charge in [-0.15, -0.1) is 0 Å². The Morgan fingerprint density at radius 1 is 1.17 bits per heavy atom. The molecule has 0 radical (unpaired) electrons. The molecule has 2 N–H and O–H groups in total. The molecule has 162 valence electrons. The van der Waals surface area contributed by atoms with Crippen molar-refractivity contribution in [3.63, 3.8) is 0 Å². The number of hydrogen-bond donors (Lipinski definition) is 2. The minimum Gasteiger partial charge on any atom is -0.373 e. The van der Waals surface area contributed by atoms with Gasteiger partial charge in [-0.25, -0.2) is 13.1 Å². The molecule has 0 aromatic heterocycles. The van der Waals surface area contributed by atoms with Crippen molar-refractivity contribution in [2.45, 2.75) is 37.5 Å². The Morgan fingerprint density at radius 3 is 2.50 bits per heavy atom. The molecule has 1 amide bonds. The fourth-order valence-corrected chi connectivity index (χ4v) is 4.55. The van der Waals surface area contributed by atoms with E-state index in [1.807, 2.05) is 38.1 Å². The number of benzene rings is 2. The van der Waals surface area contributed by atoms with E-state index in [9.17, 15) is 13.2 Å². The lowest BCUT2D eigenvalue weighted by Gasteiger charge is -2.35. The van der Waals surface area contributed by atoms with Crippen LogP contribution >= 0.6 is 11.6 Å². The highest BCUT2D eigenvalue weighted by molar-refractivity contribution is 7.89. The van der Waals surface area contributed by atoms with Gasteiger partial charge in [0.1, 0.15) is 0 Å². The molecule has 0 saturated carbocycles. The van der Waals surface area contributed by atoms with Gasteiger partial charge in [-0.2, -0.15) is 0 Å². The molecule has 0 aliphatic carbocycles. The maximum atomic E-state index is 12.9. The average Bonchev–Trinajstić information content (AvgIpc) is 2.68. The Kier molecular flexibility index (Phi) is 7.15. The van der Waals surface area contributed by atoms with Crippen LogP contribution < -0.4 is 10.0 Å². The van der Waals surface area contributed by atoms with Crippen molar-refractivity contribution in [3.05, 3.63) is 58.6 Å². The van der Waals surface area contributed by atoms with E-state index in [2.05, 4.69) is 14.9 Å². The maximum absolute atomic E-state index is 12.9. The molecule has 0 spiro atoms. The van der Waals surface area contributed by atoms with Gasteiger partial charge in [0.25, 0.3) is 5.91 Å². The predicted molar refractivity (Wildman–Crippen MR) is 117 cm³/mol. The molecule has 30 heavy (non-hydrogen) atoms. The molecule has 0 bridgehead atoms. The summed E-state index contributed by atoms with van der Waals surface area (Å²) in [7, 11) is -2.38. The molecule has 2 unspecified atom stereocenters. The molecule has 1 fully saturated rings. The zero-order valence-corrected chi connectivity index (χ0v) is 18.8. The number of rotatable bonds is 6. The number of para-hydroxylation sites is 1. The minimum absolute atomic E-state index is 0.0240. The van der Waals surface area contributed by atoms with Gasteiger partial charge in [0.15, 0.2) is 0 Å². The van der Waals surface area contributed by atoms with E-state index in [0.717, 1.165) is 18.7 Å². The Bertz CT molecular complexity index is 1020. The Labute approximate surface area is 182 Å². The second kappa shape index (κ2) is 9.45. The third-order valence-corrected chi connectivity index (χ3v) is 6.66. The molecule has 7 nitrogen and oxygen atoms in total. The van der Waals surface area contributed by atoms with Crippen LogP contribution in [0.5, 0.6) is 0 Å². The van der Waals surface area contributed by atoms with Gasteiger partial charge in [0, 0.05) is 25.3 Å². The Balaban J connectivity index is 1.82. The van der Waals surface area contributed by atoms with Gasteiger partial charge in [-0.1, -0.05) is 29.8 Å². The lowest BCUT2D eigenvalue weighted by molar-refractivity contribution is -0.0704.